The van der Waals surface area contributed by atoms with Crippen LogP contribution in [0, 0.1) is 6.92 Å². The summed E-state index contributed by atoms with van der Waals surface area (Å²) in [5.41, 5.74) is 7.05. The Morgan fingerprint density at radius 1 is 1.18 bits per heavy atom. The van der Waals surface area contributed by atoms with Gasteiger partial charge in [0.2, 0.25) is 0 Å². The molecule has 2 rings (SSSR count). The van der Waals surface area contributed by atoms with Crippen LogP contribution in [0.25, 0.3) is 0 Å². The van der Waals surface area contributed by atoms with Gasteiger partial charge in [0.25, 0.3) is 0 Å². The summed E-state index contributed by atoms with van der Waals surface area (Å²) in [6.45, 7) is 4.26. The minimum atomic E-state index is -1.49. The zero-order chi connectivity index (χ0) is 16.2. The topological polar surface area (TPSA) is 72.5 Å². The van der Waals surface area contributed by atoms with Gasteiger partial charge in [-0.15, -0.1) is 0 Å². The van der Waals surface area contributed by atoms with Gasteiger partial charge in [0.15, 0.2) is 0 Å². The molecule has 0 aliphatic rings. The third kappa shape index (κ3) is 3.12. The van der Waals surface area contributed by atoms with Crippen molar-refractivity contribution in [1.29, 1.82) is 0 Å². The van der Waals surface area contributed by atoms with Crippen LogP contribution in [0.3, 0.4) is 0 Å². The predicted molar refractivity (Wildman–Crippen MR) is 86.0 cm³/mol. The molecule has 0 aliphatic heterocycles. The van der Waals surface area contributed by atoms with E-state index in [4.69, 9.17) is 10.5 Å². The molecule has 0 radical (unpaired) electrons. The summed E-state index contributed by atoms with van der Waals surface area (Å²) in [7, 11) is 0. The SMILES string of the molecule is CCOc1cccc([C@](N)(Cc2ccccc2)C(=O)O)c1C. The first-order valence-electron chi connectivity index (χ1n) is 7.28. The monoisotopic (exact) mass is 299 g/mol. The predicted octanol–water partition coefficient (Wildman–Crippen LogP) is 2.88. The van der Waals surface area contributed by atoms with Gasteiger partial charge in [-0.3, -0.25) is 0 Å². The van der Waals surface area contributed by atoms with Crippen LogP contribution in [0.1, 0.15) is 23.6 Å². The normalized spacial score (nSPS) is 13.4. The average Bonchev–Trinajstić information content (AvgIpc) is 2.50. The largest absolute Gasteiger partial charge is 0.494 e. The Morgan fingerprint density at radius 3 is 2.45 bits per heavy atom. The molecule has 1 atom stereocenters. The van der Waals surface area contributed by atoms with E-state index in [2.05, 4.69) is 0 Å². The van der Waals surface area contributed by atoms with Gasteiger partial charge in [0.05, 0.1) is 6.61 Å². The molecule has 0 heterocycles. The van der Waals surface area contributed by atoms with Gasteiger partial charge in [0, 0.05) is 6.42 Å². The van der Waals surface area contributed by atoms with Crippen molar-refractivity contribution in [2.24, 2.45) is 5.73 Å². The number of ether oxygens (including phenoxy) is 1. The van der Waals surface area contributed by atoms with Crippen molar-refractivity contribution in [1.82, 2.24) is 0 Å². The van der Waals surface area contributed by atoms with Crippen LogP contribution in [0.15, 0.2) is 48.5 Å². The Bertz CT molecular complexity index is 655. The van der Waals surface area contributed by atoms with E-state index in [1.165, 1.54) is 0 Å². The molecule has 4 nitrogen and oxygen atoms in total. The standard InChI is InChI=1S/C18H21NO3/c1-3-22-16-11-7-10-15(13(16)2)18(19,17(20)21)12-14-8-5-4-6-9-14/h4-11H,3,12,19H2,1-2H3,(H,20,21)/t18-/m1/s1. The Hall–Kier alpha value is -2.33. The lowest BCUT2D eigenvalue weighted by molar-refractivity contribution is -0.143. The van der Waals surface area contributed by atoms with Crippen LogP contribution < -0.4 is 10.5 Å². The molecule has 0 spiro atoms. The molecule has 0 bridgehead atoms. The van der Waals surface area contributed by atoms with Gasteiger partial charge in [0.1, 0.15) is 11.3 Å². The Morgan fingerprint density at radius 2 is 1.86 bits per heavy atom. The van der Waals surface area contributed by atoms with Crippen LogP contribution in [0.5, 0.6) is 5.75 Å². The molecular formula is C18H21NO3. The lowest BCUT2D eigenvalue weighted by Gasteiger charge is -2.28. The summed E-state index contributed by atoms with van der Waals surface area (Å²) in [6.07, 6.45) is 0.222. The second-order valence-electron chi connectivity index (χ2n) is 5.30. The molecule has 0 saturated heterocycles. The van der Waals surface area contributed by atoms with Gasteiger partial charge >= 0.3 is 5.97 Å². The fourth-order valence-electron chi connectivity index (χ4n) is 2.61. The number of aliphatic carboxylic acids is 1. The molecule has 0 unspecified atom stereocenters. The lowest BCUT2D eigenvalue weighted by Crippen LogP contribution is -2.47. The number of rotatable bonds is 6. The Balaban J connectivity index is 2.48. The van der Waals surface area contributed by atoms with Crippen LogP contribution in [0.2, 0.25) is 0 Å². The highest BCUT2D eigenvalue weighted by Crippen LogP contribution is 2.31. The summed E-state index contributed by atoms with van der Waals surface area (Å²) >= 11 is 0. The number of carboxylic acid groups (broad SMARTS) is 1. The fourth-order valence-corrected chi connectivity index (χ4v) is 2.61. The summed E-state index contributed by atoms with van der Waals surface area (Å²) in [5.74, 6) is -0.378. The van der Waals surface area contributed by atoms with Crippen molar-refractivity contribution >= 4 is 5.97 Å². The fraction of sp³-hybridized carbons (Fsp3) is 0.278. The number of benzene rings is 2. The molecule has 0 amide bonds. The van der Waals surface area contributed by atoms with Crippen molar-refractivity contribution in [2.45, 2.75) is 25.8 Å². The molecule has 0 aliphatic carbocycles. The first kappa shape index (κ1) is 16.0. The summed E-state index contributed by atoms with van der Waals surface area (Å²) in [5, 5.41) is 9.73. The summed E-state index contributed by atoms with van der Waals surface area (Å²) in [6, 6.07) is 14.8. The first-order chi connectivity index (χ1) is 10.5. The quantitative estimate of drug-likeness (QED) is 0.860. The second-order valence-corrected chi connectivity index (χ2v) is 5.30. The molecule has 2 aromatic carbocycles. The van der Waals surface area contributed by atoms with E-state index in [9.17, 15) is 9.90 Å². The van der Waals surface area contributed by atoms with Crippen molar-refractivity contribution < 1.29 is 14.6 Å². The van der Waals surface area contributed by atoms with Crippen LogP contribution in [-0.2, 0) is 16.8 Å². The number of hydrogen-bond donors (Lipinski definition) is 2. The van der Waals surface area contributed by atoms with E-state index < -0.39 is 11.5 Å². The van der Waals surface area contributed by atoms with Crippen LogP contribution >= 0.6 is 0 Å². The van der Waals surface area contributed by atoms with Crippen molar-refractivity contribution in [3.8, 4) is 5.75 Å². The second kappa shape index (κ2) is 6.62. The summed E-state index contributed by atoms with van der Waals surface area (Å²) in [4.78, 5) is 11.9. The minimum absolute atomic E-state index is 0.222. The molecule has 4 heteroatoms. The van der Waals surface area contributed by atoms with Gasteiger partial charge in [-0.25, -0.2) is 4.79 Å². The highest BCUT2D eigenvalue weighted by Gasteiger charge is 2.38. The average molecular weight is 299 g/mol. The van der Waals surface area contributed by atoms with Gasteiger partial charge in [-0.05, 0) is 36.6 Å². The maximum atomic E-state index is 11.9. The molecule has 22 heavy (non-hydrogen) atoms. The Kier molecular flexibility index (Phi) is 4.83. The highest BCUT2D eigenvalue weighted by molar-refractivity contribution is 5.82. The zero-order valence-electron chi connectivity index (χ0n) is 12.9. The maximum absolute atomic E-state index is 11.9. The molecule has 0 aromatic heterocycles. The van der Waals surface area contributed by atoms with E-state index in [0.717, 1.165) is 11.1 Å². The van der Waals surface area contributed by atoms with E-state index in [1.54, 1.807) is 12.1 Å². The molecular weight excluding hydrogens is 278 g/mol. The lowest BCUT2D eigenvalue weighted by atomic mass is 9.82. The van der Waals surface area contributed by atoms with Gasteiger partial charge in [-0.2, -0.15) is 0 Å². The third-order valence-electron chi connectivity index (χ3n) is 3.77. The van der Waals surface area contributed by atoms with Crippen molar-refractivity contribution in [2.75, 3.05) is 6.61 Å². The summed E-state index contributed by atoms with van der Waals surface area (Å²) < 4.78 is 5.55. The highest BCUT2D eigenvalue weighted by atomic mass is 16.5. The Labute approximate surface area is 130 Å². The number of hydrogen-bond acceptors (Lipinski definition) is 3. The zero-order valence-corrected chi connectivity index (χ0v) is 12.9. The molecule has 3 N–H and O–H groups in total. The van der Waals surface area contributed by atoms with Crippen LogP contribution in [0.4, 0.5) is 0 Å². The number of nitrogens with two attached hydrogens (primary N) is 1. The maximum Gasteiger partial charge on any atom is 0.328 e. The smallest absolute Gasteiger partial charge is 0.328 e. The molecule has 2 aromatic rings. The number of carbonyl (C=O) groups is 1. The van der Waals surface area contributed by atoms with Gasteiger partial charge < -0.3 is 15.6 Å². The molecule has 0 fully saturated rings. The van der Waals surface area contributed by atoms with Gasteiger partial charge in [-0.1, -0.05) is 42.5 Å². The van der Waals surface area contributed by atoms with E-state index in [0.29, 0.717) is 17.9 Å². The third-order valence-corrected chi connectivity index (χ3v) is 3.77. The molecule has 116 valence electrons. The molecule has 0 saturated carbocycles. The van der Waals surface area contributed by atoms with Crippen molar-refractivity contribution in [3.05, 3.63) is 65.2 Å². The van der Waals surface area contributed by atoms with Crippen LogP contribution in [-0.4, -0.2) is 17.7 Å². The van der Waals surface area contributed by atoms with Crippen molar-refractivity contribution in [3.63, 3.8) is 0 Å². The van der Waals surface area contributed by atoms with E-state index in [-0.39, 0.29) is 6.42 Å². The first-order valence-corrected chi connectivity index (χ1v) is 7.28. The van der Waals surface area contributed by atoms with E-state index >= 15 is 0 Å². The van der Waals surface area contributed by atoms with E-state index in [1.807, 2.05) is 50.2 Å². The number of carboxylic acids is 1. The minimum Gasteiger partial charge on any atom is -0.494 e.